The van der Waals surface area contributed by atoms with Crippen LogP contribution < -0.4 is 0 Å². The molecule has 0 radical (unpaired) electrons. The maximum Gasteiger partial charge on any atom is 0.294 e. The Balaban J connectivity index is 2.71. The first-order valence-corrected chi connectivity index (χ1v) is 7.27. The summed E-state index contributed by atoms with van der Waals surface area (Å²) in [6, 6.07) is 4.58. The molecule has 0 amide bonds. The van der Waals surface area contributed by atoms with Crippen molar-refractivity contribution in [3.8, 4) is 0 Å². The largest absolute Gasteiger partial charge is 0.394 e. The molecule has 1 rings (SSSR count). The Kier molecular flexibility index (Phi) is 5.38. The van der Waals surface area contributed by atoms with E-state index in [-0.39, 0.29) is 16.4 Å². The van der Waals surface area contributed by atoms with Gasteiger partial charge in [-0.3, -0.25) is 8.74 Å². The lowest BCUT2D eigenvalue weighted by molar-refractivity contribution is 0.0580. The average Bonchev–Trinajstić information content (AvgIpc) is 2.34. The highest BCUT2D eigenvalue weighted by Gasteiger charge is 2.12. The normalized spacial score (nSPS) is 15.3. The van der Waals surface area contributed by atoms with Gasteiger partial charge in [-0.15, -0.1) is 0 Å². The predicted molar refractivity (Wildman–Crippen MR) is 61.7 cm³/mol. The molecule has 0 saturated carbocycles. The van der Waals surface area contributed by atoms with Crippen LogP contribution >= 0.6 is 0 Å². The van der Waals surface area contributed by atoms with Crippen molar-refractivity contribution in [1.29, 1.82) is 0 Å². The Bertz CT molecular complexity index is 508. The van der Waals surface area contributed by atoms with Crippen LogP contribution in [0.3, 0.4) is 0 Å². The monoisotopic (exact) mass is 296 g/mol. The van der Waals surface area contributed by atoms with Gasteiger partial charge in [-0.25, -0.2) is 4.21 Å². The molecule has 102 valence electrons. The predicted octanol–water partition coefficient (Wildman–Crippen LogP) is -0.674. The molecule has 7 nitrogen and oxygen atoms in total. The highest BCUT2D eigenvalue weighted by atomic mass is 32.2. The van der Waals surface area contributed by atoms with Gasteiger partial charge in [-0.05, 0) is 24.3 Å². The van der Waals surface area contributed by atoms with Gasteiger partial charge in [0.1, 0.15) is 6.10 Å². The van der Waals surface area contributed by atoms with Gasteiger partial charge in [0, 0.05) is 0 Å². The number of aliphatic hydroxyl groups excluding tert-OH is 2. The van der Waals surface area contributed by atoms with Gasteiger partial charge in [0.15, 0.2) is 11.1 Å². The van der Waals surface area contributed by atoms with Crippen molar-refractivity contribution in [2.24, 2.45) is 0 Å². The summed E-state index contributed by atoms with van der Waals surface area (Å²) in [7, 11) is -4.29. The first-order chi connectivity index (χ1) is 8.34. The molecule has 2 unspecified atom stereocenters. The van der Waals surface area contributed by atoms with Crippen LogP contribution in [0.25, 0.3) is 0 Å². The smallest absolute Gasteiger partial charge is 0.294 e. The van der Waals surface area contributed by atoms with Gasteiger partial charge < -0.3 is 10.2 Å². The van der Waals surface area contributed by atoms with Crippen molar-refractivity contribution >= 4 is 21.2 Å². The first kappa shape index (κ1) is 15.2. The number of hydrogen-bond acceptors (Lipinski definition) is 6. The molecule has 2 atom stereocenters. The minimum Gasteiger partial charge on any atom is -0.394 e. The molecule has 0 aliphatic heterocycles. The van der Waals surface area contributed by atoms with E-state index in [0.717, 1.165) is 12.1 Å². The summed E-state index contributed by atoms with van der Waals surface area (Å²) in [5, 5.41) is 17.5. The molecular weight excluding hydrogens is 284 g/mol. The molecule has 1 aromatic rings. The first-order valence-electron chi connectivity index (χ1n) is 4.76. The molecule has 0 heterocycles. The second kappa shape index (κ2) is 6.36. The molecule has 0 fully saturated rings. The van der Waals surface area contributed by atoms with Gasteiger partial charge in [-0.2, -0.15) is 8.42 Å². The fraction of sp³-hybridized carbons (Fsp3) is 0.333. The van der Waals surface area contributed by atoms with E-state index in [1.54, 1.807) is 0 Å². The second-order valence-electron chi connectivity index (χ2n) is 3.30. The van der Waals surface area contributed by atoms with Crippen molar-refractivity contribution in [3.05, 3.63) is 24.3 Å². The van der Waals surface area contributed by atoms with Crippen molar-refractivity contribution in [1.82, 2.24) is 0 Å². The molecule has 1 aromatic carbocycles. The number of benzene rings is 1. The van der Waals surface area contributed by atoms with Gasteiger partial charge in [-0.1, -0.05) is 0 Å². The topological polar surface area (TPSA) is 121 Å². The second-order valence-corrected chi connectivity index (χ2v) is 5.90. The molecule has 0 bridgehead atoms. The summed E-state index contributed by atoms with van der Waals surface area (Å²) in [5.41, 5.74) is 0. The molecule has 3 N–H and O–H groups in total. The van der Waals surface area contributed by atoms with E-state index in [4.69, 9.17) is 18.9 Å². The lowest BCUT2D eigenvalue weighted by atomic mass is 10.4. The summed E-state index contributed by atoms with van der Waals surface area (Å²) in [6.45, 7) is -0.831. The van der Waals surface area contributed by atoms with Crippen LogP contribution in [0, 0.1) is 0 Å². The van der Waals surface area contributed by atoms with Crippen LogP contribution in [0.1, 0.15) is 0 Å². The fourth-order valence-corrected chi connectivity index (χ4v) is 2.24. The standard InChI is InChI=1S/C9H12O7S2/c10-5-7(11)6-16-17(12)8-1-3-9(4-2-8)18(13,14)15/h1-4,7,10-11H,5-6H2,(H,13,14,15). The Morgan fingerprint density at radius 1 is 1.28 bits per heavy atom. The zero-order valence-electron chi connectivity index (χ0n) is 9.09. The van der Waals surface area contributed by atoms with E-state index >= 15 is 0 Å². The number of aliphatic hydroxyl groups is 2. The maximum atomic E-state index is 11.5. The lowest BCUT2D eigenvalue weighted by Gasteiger charge is -2.07. The highest BCUT2D eigenvalue weighted by Crippen LogP contribution is 2.13. The van der Waals surface area contributed by atoms with Crippen LogP contribution in [0.2, 0.25) is 0 Å². The van der Waals surface area contributed by atoms with E-state index < -0.39 is 33.9 Å². The molecule has 0 spiro atoms. The van der Waals surface area contributed by atoms with E-state index in [1.165, 1.54) is 12.1 Å². The van der Waals surface area contributed by atoms with Gasteiger partial charge in [0.25, 0.3) is 10.1 Å². The Labute approximate surface area is 106 Å². The molecule has 9 heteroatoms. The Hall–Kier alpha value is -0.840. The zero-order chi connectivity index (χ0) is 13.8. The summed E-state index contributed by atoms with van der Waals surface area (Å²) in [6.07, 6.45) is -1.13. The molecule has 0 aliphatic rings. The molecule has 0 aliphatic carbocycles. The van der Waals surface area contributed by atoms with E-state index in [1.807, 2.05) is 0 Å². The van der Waals surface area contributed by atoms with E-state index in [0.29, 0.717) is 0 Å². The summed E-state index contributed by atoms with van der Waals surface area (Å²) in [4.78, 5) is -0.147. The average molecular weight is 296 g/mol. The third-order valence-corrected chi connectivity index (χ3v) is 3.77. The summed E-state index contributed by atoms with van der Waals surface area (Å²) < 4.78 is 46.5. The maximum absolute atomic E-state index is 11.5. The Morgan fingerprint density at radius 2 is 1.83 bits per heavy atom. The fourth-order valence-electron chi connectivity index (χ4n) is 0.984. The van der Waals surface area contributed by atoms with Crippen LogP contribution in [-0.4, -0.2) is 46.7 Å². The zero-order valence-corrected chi connectivity index (χ0v) is 10.7. The van der Waals surface area contributed by atoms with E-state index in [2.05, 4.69) is 0 Å². The van der Waals surface area contributed by atoms with E-state index in [9.17, 15) is 12.6 Å². The number of hydrogen-bond donors (Lipinski definition) is 3. The Morgan fingerprint density at radius 3 is 2.28 bits per heavy atom. The van der Waals surface area contributed by atoms with Gasteiger partial charge >= 0.3 is 0 Å². The van der Waals surface area contributed by atoms with Gasteiger partial charge in [0.2, 0.25) is 0 Å². The van der Waals surface area contributed by atoms with Crippen molar-refractivity contribution in [3.63, 3.8) is 0 Å². The summed E-state index contributed by atoms with van der Waals surface area (Å²) >= 11 is -1.89. The molecule has 0 saturated heterocycles. The minimum atomic E-state index is -4.29. The third-order valence-electron chi connectivity index (χ3n) is 1.89. The highest BCUT2D eigenvalue weighted by molar-refractivity contribution is 7.85. The van der Waals surface area contributed by atoms with Crippen molar-refractivity contribution in [2.45, 2.75) is 15.9 Å². The molecule has 0 aromatic heterocycles. The molecule has 18 heavy (non-hydrogen) atoms. The number of rotatable bonds is 6. The quantitative estimate of drug-likeness (QED) is 0.595. The third kappa shape index (κ3) is 4.44. The van der Waals surface area contributed by atoms with Crippen LogP contribution in [0.15, 0.2) is 34.1 Å². The molecular formula is C9H12O7S2. The lowest BCUT2D eigenvalue weighted by Crippen LogP contribution is -2.20. The van der Waals surface area contributed by atoms with Crippen LogP contribution in [0.4, 0.5) is 0 Å². The minimum absolute atomic E-state index is 0.174. The van der Waals surface area contributed by atoms with Crippen LogP contribution in [0.5, 0.6) is 0 Å². The van der Waals surface area contributed by atoms with Crippen molar-refractivity contribution in [2.75, 3.05) is 13.2 Å². The van der Waals surface area contributed by atoms with Gasteiger partial charge in [0.05, 0.1) is 23.0 Å². The van der Waals surface area contributed by atoms with Crippen LogP contribution in [-0.2, 0) is 25.4 Å². The summed E-state index contributed by atoms with van der Waals surface area (Å²) in [5.74, 6) is 0. The SMILES string of the molecule is O=S(OCC(O)CO)c1ccc(S(=O)(=O)O)cc1. The van der Waals surface area contributed by atoms with Crippen molar-refractivity contribution < 1.29 is 31.6 Å².